The topological polar surface area (TPSA) is 72.2 Å². The van der Waals surface area contributed by atoms with Gasteiger partial charge in [-0.1, -0.05) is 41.4 Å². The molecule has 0 amide bonds. The van der Waals surface area contributed by atoms with Gasteiger partial charge in [-0.2, -0.15) is 0 Å². The number of rotatable bonds is 3. The average Bonchev–Trinajstić information content (AvgIpc) is 2.39. The predicted molar refractivity (Wildman–Crippen MR) is 82.9 cm³/mol. The van der Waals surface area contributed by atoms with Crippen molar-refractivity contribution < 1.29 is 8.42 Å². The maximum atomic E-state index is 12.3. The summed E-state index contributed by atoms with van der Waals surface area (Å²) in [6, 6.07) is 9.45. The summed E-state index contributed by atoms with van der Waals surface area (Å²) in [5, 5.41) is 0.481. The molecule has 7 heteroatoms. The third-order valence-electron chi connectivity index (χ3n) is 2.73. The van der Waals surface area contributed by atoms with E-state index in [-0.39, 0.29) is 26.3 Å². The molecule has 4 nitrogen and oxygen atoms in total. The van der Waals surface area contributed by atoms with Crippen molar-refractivity contribution in [2.24, 2.45) is 0 Å². The van der Waals surface area contributed by atoms with Gasteiger partial charge in [-0.15, -0.1) is 0 Å². The maximum absolute atomic E-state index is 12.3. The number of sulfonamides is 1. The van der Waals surface area contributed by atoms with Crippen molar-refractivity contribution in [2.45, 2.75) is 11.8 Å². The lowest BCUT2D eigenvalue weighted by Crippen LogP contribution is -2.15. The van der Waals surface area contributed by atoms with Gasteiger partial charge in [0.1, 0.15) is 4.90 Å². The van der Waals surface area contributed by atoms with Crippen LogP contribution in [-0.2, 0) is 10.0 Å². The first-order chi connectivity index (χ1) is 9.33. The van der Waals surface area contributed by atoms with E-state index in [0.717, 1.165) is 5.56 Å². The molecule has 0 radical (unpaired) electrons. The molecule has 106 valence electrons. The number of benzene rings is 2. The smallest absolute Gasteiger partial charge is 0.264 e. The molecule has 0 spiro atoms. The van der Waals surface area contributed by atoms with Crippen LogP contribution in [-0.4, -0.2) is 8.42 Å². The summed E-state index contributed by atoms with van der Waals surface area (Å²) < 4.78 is 27.0. The Kier molecular flexibility index (Phi) is 4.13. The molecule has 20 heavy (non-hydrogen) atoms. The zero-order valence-electron chi connectivity index (χ0n) is 10.5. The number of halogens is 2. The zero-order chi connectivity index (χ0) is 14.9. The van der Waals surface area contributed by atoms with Crippen molar-refractivity contribution in [1.29, 1.82) is 0 Å². The lowest BCUT2D eigenvalue weighted by atomic mass is 10.2. The van der Waals surface area contributed by atoms with E-state index in [4.69, 9.17) is 28.9 Å². The van der Waals surface area contributed by atoms with Gasteiger partial charge in [0.05, 0.1) is 21.4 Å². The van der Waals surface area contributed by atoms with Crippen molar-refractivity contribution in [1.82, 2.24) is 0 Å². The number of anilines is 2. The van der Waals surface area contributed by atoms with Crippen LogP contribution in [0, 0.1) is 6.92 Å². The molecule has 0 aliphatic heterocycles. The molecule has 0 heterocycles. The van der Waals surface area contributed by atoms with Gasteiger partial charge in [-0.05, 0) is 30.7 Å². The van der Waals surface area contributed by atoms with Crippen molar-refractivity contribution in [3.05, 3.63) is 52.0 Å². The van der Waals surface area contributed by atoms with Crippen molar-refractivity contribution in [3.8, 4) is 0 Å². The second-order valence-electron chi connectivity index (χ2n) is 4.20. The fraction of sp³-hybridized carbons (Fsp3) is 0.0769. The van der Waals surface area contributed by atoms with Crippen LogP contribution in [0.5, 0.6) is 0 Å². The molecule has 0 atom stereocenters. The Morgan fingerprint density at radius 3 is 2.40 bits per heavy atom. The quantitative estimate of drug-likeness (QED) is 0.843. The lowest BCUT2D eigenvalue weighted by molar-refractivity contribution is 0.601. The van der Waals surface area contributed by atoms with E-state index < -0.39 is 10.0 Å². The van der Waals surface area contributed by atoms with Gasteiger partial charge in [0.15, 0.2) is 0 Å². The van der Waals surface area contributed by atoms with Crippen molar-refractivity contribution in [2.75, 3.05) is 10.5 Å². The maximum Gasteiger partial charge on any atom is 0.264 e. The average molecular weight is 331 g/mol. The Bertz CT molecular complexity index is 761. The molecular weight excluding hydrogens is 319 g/mol. The van der Waals surface area contributed by atoms with Crippen LogP contribution in [0.3, 0.4) is 0 Å². The van der Waals surface area contributed by atoms with Crippen LogP contribution in [0.15, 0.2) is 41.3 Å². The first-order valence-corrected chi connectivity index (χ1v) is 7.89. The largest absolute Gasteiger partial charge is 0.398 e. The van der Waals surface area contributed by atoms with Crippen LogP contribution in [0.4, 0.5) is 11.4 Å². The van der Waals surface area contributed by atoms with E-state index in [9.17, 15) is 8.42 Å². The minimum Gasteiger partial charge on any atom is -0.398 e. The number of para-hydroxylation sites is 1. The molecule has 0 bridgehead atoms. The number of aryl methyl sites for hydroxylation is 1. The van der Waals surface area contributed by atoms with Crippen LogP contribution in [0.25, 0.3) is 0 Å². The summed E-state index contributed by atoms with van der Waals surface area (Å²) in [6.45, 7) is 1.76. The molecule has 2 aromatic carbocycles. The Morgan fingerprint density at radius 1 is 1.10 bits per heavy atom. The molecule has 0 fully saturated rings. The highest BCUT2D eigenvalue weighted by Crippen LogP contribution is 2.35. The Balaban J connectivity index is 2.50. The first kappa shape index (κ1) is 15.0. The van der Waals surface area contributed by atoms with E-state index in [1.165, 1.54) is 12.1 Å². The summed E-state index contributed by atoms with van der Waals surface area (Å²) in [5.74, 6) is 0. The van der Waals surface area contributed by atoms with E-state index in [0.29, 0.717) is 0 Å². The number of nitrogens with one attached hydrogen (secondary N) is 1. The fourth-order valence-electron chi connectivity index (χ4n) is 1.66. The van der Waals surface area contributed by atoms with E-state index >= 15 is 0 Å². The highest BCUT2D eigenvalue weighted by atomic mass is 35.5. The molecule has 0 aliphatic carbocycles. The van der Waals surface area contributed by atoms with Crippen LogP contribution >= 0.6 is 23.2 Å². The Morgan fingerprint density at radius 2 is 1.75 bits per heavy atom. The monoisotopic (exact) mass is 330 g/mol. The Labute approximate surface area is 127 Å². The van der Waals surface area contributed by atoms with Crippen LogP contribution in [0.2, 0.25) is 10.0 Å². The van der Waals surface area contributed by atoms with Gasteiger partial charge in [0.25, 0.3) is 10.0 Å². The molecule has 0 aliphatic rings. The number of hydrogen-bond donors (Lipinski definition) is 2. The fourth-order valence-corrected chi connectivity index (χ4v) is 3.47. The first-order valence-electron chi connectivity index (χ1n) is 5.65. The molecular formula is C13H12Cl2N2O2S. The van der Waals surface area contributed by atoms with Gasteiger partial charge in [-0.3, -0.25) is 4.72 Å². The summed E-state index contributed by atoms with van der Waals surface area (Å²) >= 11 is 12.1. The summed E-state index contributed by atoms with van der Waals surface area (Å²) in [4.78, 5) is -0.0198. The normalized spacial score (nSPS) is 11.3. The summed E-state index contributed by atoms with van der Waals surface area (Å²) in [6.07, 6.45) is 0. The molecule has 3 N–H and O–H groups in total. The Hall–Kier alpha value is -1.43. The van der Waals surface area contributed by atoms with Gasteiger partial charge in [0.2, 0.25) is 0 Å². The SMILES string of the molecule is Cc1ccc(Cl)c(NS(=O)(=O)c2ccccc2N)c1Cl. The van der Waals surface area contributed by atoms with Crippen molar-refractivity contribution >= 4 is 44.6 Å². The second kappa shape index (κ2) is 5.52. The van der Waals surface area contributed by atoms with Crippen molar-refractivity contribution in [3.63, 3.8) is 0 Å². The second-order valence-corrected chi connectivity index (χ2v) is 6.63. The third kappa shape index (κ3) is 2.85. The highest BCUT2D eigenvalue weighted by molar-refractivity contribution is 7.93. The van der Waals surface area contributed by atoms with Gasteiger partial charge in [-0.25, -0.2) is 8.42 Å². The lowest BCUT2D eigenvalue weighted by Gasteiger charge is -2.13. The summed E-state index contributed by atoms with van der Waals surface area (Å²) in [5.41, 5.74) is 6.70. The van der Waals surface area contributed by atoms with E-state index in [1.54, 1.807) is 31.2 Å². The molecule has 0 unspecified atom stereocenters. The predicted octanol–water partition coefficient (Wildman–Crippen LogP) is 3.68. The number of nitrogens with two attached hydrogens (primary N) is 1. The molecule has 0 aromatic heterocycles. The highest BCUT2D eigenvalue weighted by Gasteiger charge is 2.20. The molecule has 2 aromatic rings. The number of hydrogen-bond acceptors (Lipinski definition) is 3. The molecule has 0 saturated heterocycles. The summed E-state index contributed by atoms with van der Waals surface area (Å²) in [7, 11) is -3.85. The minimum absolute atomic E-state index is 0.0198. The van der Waals surface area contributed by atoms with E-state index in [1.807, 2.05) is 0 Å². The van der Waals surface area contributed by atoms with Gasteiger partial charge >= 0.3 is 0 Å². The third-order valence-corrected chi connectivity index (χ3v) is 4.95. The van der Waals surface area contributed by atoms with Crippen LogP contribution < -0.4 is 10.5 Å². The van der Waals surface area contributed by atoms with Gasteiger partial charge < -0.3 is 5.73 Å². The minimum atomic E-state index is -3.85. The van der Waals surface area contributed by atoms with Gasteiger partial charge in [0, 0.05) is 0 Å². The molecule has 0 saturated carbocycles. The zero-order valence-corrected chi connectivity index (χ0v) is 12.9. The van der Waals surface area contributed by atoms with Crippen LogP contribution in [0.1, 0.15) is 5.56 Å². The number of nitrogen functional groups attached to an aromatic ring is 1. The van der Waals surface area contributed by atoms with E-state index in [2.05, 4.69) is 4.72 Å². The molecule has 2 rings (SSSR count). The standard InChI is InChI=1S/C13H12Cl2N2O2S/c1-8-6-7-9(14)13(12(8)15)17-20(18,19)11-5-3-2-4-10(11)16/h2-7,17H,16H2,1H3.